The van der Waals surface area contributed by atoms with Crippen LogP contribution < -0.4 is 5.32 Å². The number of nitrogens with one attached hydrogen (secondary N) is 1. The van der Waals surface area contributed by atoms with Crippen LogP contribution >= 0.6 is 11.8 Å². The second-order valence-corrected chi connectivity index (χ2v) is 8.58. The highest BCUT2D eigenvalue weighted by molar-refractivity contribution is 7.99. The Bertz CT molecular complexity index is 711. The number of carbonyl (C=O) groups excluding carboxylic acids is 1. The van der Waals surface area contributed by atoms with Crippen LogP contribution in [0, 0.1) is 11.2 Å². The van der Waals surface area contributed by atoms with Gasteiger partial charge in [0.25, 0.3) is 5.91 Å². The third-order valence-corrected chi connectivity index (χ3v) is 5.03. The molecule has 1 heterocycles. The van der Waals surface area contributed by atoms with Crippen molar-refractivity contribution in [3.05, 3.63) is 59.5 Å². The normalized spacial score (nSPS) is 11.4. The number of pyridine rings is 1. The summed E-state index contributed by atoms with van der Waals surface area (Å²) in [6, 6.07) is 10.2. The number of rotatable bonds is 8. The number of aromatic nitrogens is 1. The molecule has 1 aromatic carbocycles. The molecular formula is C21H27FN2OS. The lowest BCUT2D eigenvalue weighted by Gasteiger charge is -2.18. The SMILES string of the molecule is CC(C)(C)CCNC(=O)c1cccnc1SCCCc1ccc(F)cc1. The molecular weight excluding hydrogens is 347 g/mol. The molecule has 0 aliphatic carbocycles. The molecule has 1 aromatic heterocycles. The van der Waals surface area contributed by atoms with Crippen LogP contribution in [-0.4, -0.2) is 23.2 Å². The highest BCUT2D eigenvalue weighted by Crippen LogP contribution is 2.22. The summed E-state index contributed by atoms with van der Waals surface area (Å²) in [5.74, 6) is 0.582. The topological polar surface area (TPSA) is 42.0 Å². The summed E-state index contributed by atoms with van der Waals surface area (Å²) in [5, 5.41) is 3.75. The first-order valence-electron chi connectivity index (χ1n) is 8.96. The van der Waals surface area contributed by atoms with Gasteiger partial charge in [0, 0.05) is 12.7 Å². The number of thioether (sulfide) groups is 1. The lowest BCUT2D eigenvalue weighted by molar-refractivity contribution is 0.0946. The molecule has 0 saturated heterocycles. The monoisotopic (exact) mass is 374 g/mol. The molecule has 140 valence electrons. The van der Waals surface area contributed by atoms with E-state index in [1.807, 2.05) is 18.2 Å². The van der Waals surface area contributed by atoms with Crippen molar-refractivity contribution in [2.24, 2.45) is 5.41 Å². The zero-order valence-corrected chi connectivity index (χ0v) is 16.5. The van der Waals surface area contributed by atoms with Crippen molar-refractivity contribution in [2.75, 3.05) is 12.3 Å². The second-order valence-electron chi connectivity index (χ2n) is 7.50. The van der Waals surface area contributed by atoms with Crippen LogP contribution in [-0.2, 0) is 6.42 Å². The predicted molar refractivity (Wildman–Crippen MR) is 106 cm³/mol. The molecule has 1 N–H and O–H groups in total. The Hall–Kier alpha value is -1.88. The van der Waals surface area contributed by atoms with Crippen LogP contribution in [0.5, 0.6) is 0 Å². The van der Waals surface area contributed by atoms with Gasteiger partial charge < -0.3 is 5.32 Å². The predicted octanol–water partition coefficient (Wildman–Crippen LogP) is 5.11. The Morgan fingerprint density at radius 3 is 2.62 bits per heavy atom. The standard InChI is InChI=1S/C21H27FN2OS/c1-21(2,3)12-14-23-19(25)18-7-4-13-24-20(18)26-15-5-6-16-8-10-17(22)11-9-16/h4,7-11,13H,5-6,12,14-15H2,1-3H3,(H,23,25). The molecule has 0 aliphatic heterocycles. The van der Waals surface area contributed by atoms with Gasteiger partial charge >= 0.3 is 0 Å². The molecule has 0 spiro atoms. The van der Waals surface area contributed by atoms with E-state index >= 15 is 0 Å². The number of aryl methyl sites for hydroxylation is 1. The summed E-state index contributed by atoms with van der Waals surface area (Å²) in [6.45, 7) is 7.13. The third kappa shape index (κ3) is 7.16. The summed E-state index contributed by atoms with van der Waals surface area (Å²) in [6.07, 6.45) is 4.47. The number of halogens is 1. The summed E-state index contributed by atoms with van der Waals surface area (Å²) >= 11 is 1.59. The number of nitrogens with zero attached hydrogens (tertiary/aromatic N) is 1. The first kappa shape index (κ1) is 20.4. The molecule has 26 heavy (non-hydrogen) atoms. The fourth-order valence-electron chi connectivity index (χ4n) is 2.42. The fraction of sp³-hybridized carbons (Fsp3) is 0.429. The molecule has 0 saturated carbocycles. The molecule has 2 rings (SSSR count). The van der Waals surface area contributed by atoms with Gasteiger partial charge in [0.05, 0.1) is 5.56 Å². The average molecular weight is 375 g/mol. The number of hydrogen-bond donors (Lipinski definition) is 1. The van der Waals surface area contributed by atoms with Crippen LogP contribution in [0.2, 0.25) is 0 Å². The molecule has 0 unspecified atom stereocenters. The van der Waals surface area contributed by atoms with Crippen LogP contribution in [0.3, 0.4) is 0 Å². The average Bonchev–Trinajstić information content (AvgIpc) is 2.59. The van der Waals surface area contributed by atoms with Crippen LogP contribution in [0.4, 0.5) is 4.39 Å². The number of hydrogen-bond acceptors (Lipinski definition) is 3. The van der Waals surface area contributed by atoms with Gasteiger partial charge in [0.1, 0.15) is 10.8 Å². The largest absolute Gasteiger partial charge is 0.352 e. The zero-order valence-electron chi connectivity index (χ0n) is 15.7. The Morgan fingerprint density at radius 1 is 1.19 bits per heavy atom. The van der Waals surface area contributed by atoms with E-state index < -0.39 is 0 Å². The molecule has 0 bridgehead atoms. The van der Waals surface area contributed by atoms with Gasteiger partial charge in [-0.3, -0.25) is 4.79 Å². The van der Waals surface area contributed by atoms with Crippen molar-refractivity contribution in [2.45, 2.75) is 45.1 Å². The Morgan fingerprint density at radius 2 is 1.92 bits per heavy atom. The summed E-state index contributed by atoms with van der Waals surface area (Å²) in [4.78, 5) is 16.8. The summed E-state index contributed by atoms with van der Waals surface area (Å²) in [5.41, 5.74) is 1.95. The minimum Gasteiger partial charge on any atom is -0.352 e. The van der Waals surface area contributed by atoms with E-state index in [2.05, 4.69) is 31.1 Å². The van der Waals surface area contributed by atoms with Gasteiger partial charge in [-0.2, -0.15) is 0 Å². The van der Waals surface area contributed by atoms with E-state index in [0.29, 0.717) is 12.1 Å². The zero-order chi connectivity index (χ0) is 19.0. The summed E-state index contributed by atoms with van der Waals surface area (Å²) < 4.78 is 12.9. The Kier molecular flexibility index (Phi) is 7.64. The van der Waals surface area contributed by atoms with Crippen LogP contribution in [0.1, 0.15) is 49.5 Å². The van der Waals surface area contributed by atoms with E-state index in [-0.39, 0.29) is 17.1 Å². The van der Waals surface area contributed by atoms with Crippen LogP contribution in [0.15, 0.2) is 47.6 Å². The van der Waals surface area contributed by atoms with Crippen molar-refractivity contribution < 1.29 is 9.18 Å². The van der Waals surface area contributed by atoms with E-state index in [0.717, 1.165) is 35.6 Å². The lowest BCUT2D eigenvalue weighted by Crippen LogP contribution is -2.27. The van der Waals surface area contributed by atoms with E-state index in [1.165, 1.54) is 12.1 Å². The Balaban J connectivity index is 1.83. The van der Waals surface area contributed by atoms with E-state index in [1.54, 1.807) is 24.0 Å². The maximum atomic E-state index is 12.9. The maximum Gasteiger partial charge on any atom is 0.254 e. The molecule has 0 fully saturated rings. The maximum absolute atomic E-state index is 12.9. The van der Waals surface area contributed by atoms with Gasteiger partial charge in [0.15, 0.2) is 0 Å². The van der Waals surface area contributed by atoms with Gasteiger partial charge in [-0.15, -0.1) is 11.8 Å². The second kappa shape index (κ2) is 9.72. The quantitative estimate of drug-likeness (QED) is 0.515. The Labute approximate surface area is 159 Å². The lowest BCUT2D eigenvalue weighted by atomic mass is 9.92. The van der Waals surface area contributed by atoms with Crippen molar-refractivity contribution in [3.8, 4) is 0 Å². The first-order chi connectivity index (χ1) is 12.3. The highest BCUT2D eigenvalue weighted by Gasteiger charge is 2.14. The van der Waals surface area contributed by atoms with E-state index in [4.69, 9.17) is 0 Å². The summed E-state index contributed by atoms with van der Waals surface area (Å²) in [7, 11) is 0. The van der Waals surface area contributed by atoms with Crippen molar-refractivity contribution in [1.29, 1.82) is 0 Å². The minimum absolute atomic E-state index is 0.0663. The number of carbonyl (C=O) groups is 1. The molecule has 0 radical (unpaired) electrons. The molecule has 5 heteroatoms. The van der Waals surface area contributed by atoms with Crippen molar-refractivity contribution in [3.63, 3.8) is 0 Å². The number of benzene rings is 1. The smallest absolute Gasteiger partial charge is 0.254 e. The minimum atomic E-state index is -0.210. The van der Waals surface area contributed by atoms with Crippen molar-refractivity contribution >= 4 is 17.7 Å². The van der Waals surface area contributed by atoms with Crippen molar-refractivity contribution in [1.82, 2.24) is 10.3 Å². The highest BCUT2D eigenvalue weighted by atomic mass is 32.2. The molecule has 0 atom stereocenters. The molecule has 1 amide bonds. The molecule has 2 aromatic rings. The fourth-order valence-corrected chi connectivity index (χ4v) is 3.35. The number of amides is 1. The van der Waals surface area contributed by atoms with Crippen LogP contribution in [0.25, 0.3) is 0 Å². The van der Waals surface area contributed by atoms with E-state index in [9.17, 15) is 9.18 Å². The molecule has 0 aliphatic rings. The van der Waals surface area contributed by atoms with Gasteiger partial charge in [-0.05, 0) is 60.3 Å². The van der Waals surface area contributed by atoms with Gasteiger partial charge in [0.2, 0.25) is 0 Å². The molecule has 3 nitrogen and oxygen atoms in total. The first-order valence-corrected chi connectivity index (χ1v) is 9.94. The van der Waals surface area contributed by atoms with Gasteiger partial charge in [-0.1, -0.05) is 32.9 Å². The third-order valence-electron chi connectivity index (χ3n) is 3.94. The van der Waals surface area contributed by atoms with Gasteiger partial charge in [-0.25, -0.2) is 9.37 Å².